The van der Waals surface area contributed by atoms with Gasteiger partial charge in [-0.1, -0.05) is 81.7 Å². The molecule has 0 fully saturated rings. The maximum absolute atomic E-state index is 13.2. The largest absolute Gasteiger partial charge is 0.458 e. The zero-order valence-corrected chi connectivity index (χ0v) is 28.6. The van der Waals surface area contributed by atoms with Gasteiger partial charge in [-0.3, -0.25) is 4.79 Å². The predicted molar refractivity (Wildman–Crippen MR) is 182 cm³/mol. The van der Waals surface area contributed by atoms with Crippen LogP contribution in [-0.4, -0.2) is 47.6 Å². The van der Waals surface area contributed by atoms with Crippen LogP contribution in [0.3, 0.4) is 0 Å². The van der Waals surface area contributed by atoms with Gasteiger partial charge in [0.2, 0.25) is 0 Å². The number of rotatable bonds is 9. The van der Waals surface area contributed by atoms with Crippen molar-refractivity contribution in [1.29, 1.82) is 0 Å². The van der Waals surface area contributed by atoms with Gasteiger partial charge < -0.3 is 25.1 Å². The molecule has 1 aliphatic heterocycles. The van der Waals surface area contributed by atoms with Gasteiger partial charge in [-0.2, -0.15) is 0 Å². The zero-order chi connectivity index (χ0) is 33.9. The first-order chi connectivity index (χ1) is 22.0. The normalized spacial score (nSPS) is 28.4. The standard InChI is InChI=1S/C38H57NO7/c1-6-7-8-9-12-17-27(2)24-32-25-28(3)18-13-10-16-21-34(45-37(42)31-19-14-11-15-20-31)35(46-38(39)43)23-22-29(4)26-33(40)30(5)36(41)44-32/h10-15,17,19-20,24,28-30,32-35,40H,6-9,16,18,21-23,25-26H2,1-5H3,(H2,39,43)/b13-10+,17-12+,27-24+. The van der Waals surface area contributed by atoms with Crippen molar-refractivity contribution in [3.8, 4) is 0 Å². The van der Waals surface area contributed by atoms with E-state index in [0.29, 0.717) is 44.1 Å². The second-order valence-electron chi connectivity index (χ2n) is 13.0. The van der Waals surface area contributed by atoms with Crippen molar-refractivity contribution in [2.24, 2.45) is 23.5 Å². The first-order valence-corrected chi connectivity index (χ1v) is 17.1. The van der Waals surface area contributed by atoms with Gasteiger partial charge in [-0.05, 0) is 102 Å². The van der Waals surface area contributed by atoms with Crippen LogP contribution in [-0.2, 0) is 19.0 Å². The van der Waals surface area contributed by atoms with Gasteiger partial charge in [0.15, 0.2) is 0 Å². The monoisotopic (exact) mass is 639 g/mol. The lowest BCUT2D eigenvalue weighted by Gasteiger charge is -2.28. The van der Waals surface area contributed by atoms with E-state index in [1.54, 1.807) is 31.2 Å². The summed E-state index contributed by atoms with van der Waals surface area (Å²) >= 11 is 0. The highest BCUT2D eigenvalue weighted by atomic mass is 16.6. The van der Waals surface area contributed by atoms with Crippen LogP contribution in [0.15, 0.2) is 66.3 Å². The molecule has 1 amide bonds. The molecule has 256 valence electrons. The average Bonchev–Trinajstić information content (AvgIpc) is 3.01. The van der Waals surface area contributed by atoms with Crippen molar-refractivity contribution in [2.75, 3.05) is 0 Å². The smallest absolute Gasteiger partial charge is 0.404 e. The fraction of sp³-hybridized carbons (Fsp3) is 0.605. The maximum atomic E-state index is 13.2. The van der Waals surface area contributed by atoms with Crippen LogP contribution < -0.4 is 5.73 Å². The third-order valence-electron chi connectivity index (χ3n) is 8.52. The van der Waals surface area contributed by atoms with Crippen LogP contribution in [0.1, 0.15) is 116 Å². The van der Waals surface area contributed by atoms with Gasteiger partial charge in [0.1, 0.15) is 18.3 Å². The number of hydrogen-bond acceptors (Lipinski definition) is 7. The Morgan fingerprint density at radius 1 is 0.978 bits per heavy atom. The summed E-state index contributed by atoms with van der Waals surface area (Å²) in [5.74, 6) is -1.45. The quantitative estimate of drug-likeness (QED) is 0.0916. The molecule has 1 aliphatic rings. The Balaban J connectivity index is 2.27. The number of cyclic esters (lactones) is 1. The summed E-state index contributed by atoms with van der Waals surface area (Å²) in [6.07, 6.45) is 15.0. The van der Waals surface area contributed by atoms with E-state index < -0.39 is 48.4 Å². The number of primary amides is 1. The third-order valence-corrected chi connectivity index (χ3v) is 8.52. The van der Waals surface area contributed by atoms with Crippen LogP contribution in [0.5, 0.6) is 0 Å². The number of carbonyl (C=O) groups is 3. The van der Waals surface area contributed by atoms with Gasteiger partial charge >= 0.3 is 18.0 Å². The molecule has 0 saturated carbocycles. The number of esters is 2. The van der Waals surface area contributed by atoms with Gasteiger partial charge in [-0.25, -0.2) is 9.59 Å². The van der Waals surface area contributed by atoms with Crippen molar-refractivity contribution in [2.45, 2.75) is 130 Å². The molecular weight excluding hydrogens is 582 g/mol. The first kappa shape index (κ1) is 38.8. The fourth-order valence-corrected chi connectivity index (χ4v) is 5.65. The van der Waals surface area contributed by atoms with Crippen LogP contribution in [0.4, 0.5) is 4.79 Å². The lowest BCUT2D eigenvalue weighted by Crippen LogP contribution is -2.37. The Bertz CT molecular complexity index is 1140. The Hall–Kier alpha value is -3.39. The lowest BCUT2D eigenvalue weighted by molar-refractivity contribution is -0.156. The lowest BCUT2D eigenvalue weighted by atomic mass is 9.90. The Labute approximate surface area is 276 Å². The summed E-state index contributed by atoms with van der Waals surface area (Å²) < 4.78 is 17.4. The second kappa shape index (κ2) is 21.4. The summed E-state index contributed by atoms with van der Waals surface area (Å²) in [5, 5.41) is 11.0. The predicted octanol–water partition coefficient (Wildman–Crippen LogP) is 8.24. The number of amides is 1. The SMILES string of the molecule is CCCCC/C=C/C(C)=C/C1CC(C)C/C=C/CCC(OC(=O)c2ccccc2)C(OC(N)=O)CCC(C)CC(O)C(C)C(=O)O1. The molecule has 0 aliphatic carbocycles. The fourth-order valence-electron chi connectivity index (χ4n) is 5.65. The first-order valence-electron chi connectivity index (χ1n) is 17.1. The number of aliphatic hydroxyl groups excluding tert-OH is 1. The van der Waals surface area contributed by atoms with Gasteiger partial charge in [0.05, 0.1) is 17.6 Å². The second-order valence-corrected chi connectivity index (χ2v) is 13.0. The molecule has 2 rings (SSSR count). The summed E-state index contributed by atoms with van der Waals surface area (Å²) in [6, 6.07) is 8.70. The minimum absolute atomic E-state index is 0.0238. The van der Waals surface area contributed by atoms with Crippen LogP contribution >= 0.6 is 0 Å². The van der Waals surface area contributed by atoms with E-state index >= 15 is 0 Å². The molecular formula is C38H57NO7. The Kier molecular flexibility index (Phi) is 18.1. The number of carbonyl (C=O) groups excluding carboxylic acids is 3. The summed E-state index contributed by atoms with van der Waals surface area (Å²) in [7, 11) is 0. The molecule has 0 aromatic heterocycles. The molecule has 1 heterocycles. The third kappa shape index (κ3) is 15.3. The average molecular weight is 640 g/mol. The minimum atomic E-state index is -0.938. The highest BCUT2D eigenvalue weighted by Crippen LogP contribution is 2.26. The minimum Gasteiger partial charge on any atom is -0.458 e. The van der Waals surface area contributed by atoms with E-state index in [0.717, 1.165) is 24.8 Å². The topological polar surface area (TPSA) is 125 Å². The van der Waals surface area contributed by atoms with E-state index in [2.05, 4.69) is 32.1 Å². The number of aliphatic hydroxyl groups is 1. The van der Waals surface area contributed by atoms with Crippen molar-refractivity contribution in [1.82, 2.24) is 0 Å². The van der Waals surface area contributed by atoms with Crippen LogP contribution in [0, 0.1) is 17.8 Å². The molecule has 8 nitrogen and oxygen atoms in total. The highest BCUT2D eigenvalue weighted by Gasteiger charge is 2.31. The summed E-state index contributed by atoms with van der Waals surface area (Å²) in [6.45, 7) is 10.0. The van der Waals surface area contributed by atoms with E-state index in [1.807, 2.05) is 32.1 Å². The zero-order valence-electron chi connectivity index (χ0n) is 28.6. The molecule has 0 saturated heterocycles. The number of ether oxygens (including phenoxy) is 3. The Morgan fingerprint density at radius 2 is 1.70 bits per heavy atom. The van der Waals surface area contributed by atoms with E-state index in [9.17, 15) is 19.5 Å². The van der Waals surface area contributed by atoms with Gasteiger partial charge in [-0.15, -0.1) is 0 Å². The van der Waals surface area contributed by atoms with Crippen LogP contribution in [0.25, 0.3) is 0 Å². The van der Waals surface area contributed by atoms with Crippen molar-refractivity contribution in [3.63, 3.8) is 0 Å². The summed E-state index contributed by atoms with van der Waals surface area (Å²) in [4.78, 5) is 38.1. The molecule has 1 aromatic rings. The number of unbranched alkanes of at least 4 members (excludes halogenated alkanes) is 3. The van der Waals surface area contributed by atoms with Gasteiger partial charge in [0, 0.05) is 0 Å². The Morgan fingerprint density at radius 3 is 2.39 bits per heavy atom. The molecule has 7 atom stereocenters. The molecule has 3 N–H and O–H groups in total. The number of nitrogens with two attached hydrogens (primary N) is 1. The van der Waals surface area contributed by atoms with E-state index in [-0.39, 0.29) is 11.8 Å². The van der Waals surface area contributed by atoms with Crippen LogP contribution in [0.2, 0.25) is 0 Å². The highest BCUT2D eigenvalue weighted by molar-refractivity contribution is 5.89. The number of benzene rings is 1. The van der Waals surface area contributed by atoms with Gasteiger partial charge in [0.25, 0.3) is 0 Å². The van der Waals surface area contributed by atoms with Crippen molar-refractivity contribution < 1.29 is 33.7 Å². The summed E-state index contributed by atoms with van der Waals surface area (Å²) in [5.41, 5.74) is 6.89. The van der Waals surface area contributed by atoms with E-state index in [4.69, 9.17) is 19.9 Å². The molecule has 0 spiro atoms. The molecule has 8 heteroatoms. The molecule has 0 radical (unpaired) electrons. The molecule has 46 heavy (non-hydrogen) atoms. The number of allylic oxidation sites excluding steroid dienone is 5. The molecule has 0 bridgehead atoms. The van der Waals surface area contributed by atoms with E-state index in [1.165, 1.54) is 12.8 Å². The molecule has 1 aromatic carbocycles. The molecule has 7 unspecified atom stereocenters. The number of hydrogen-bond donors (Lipinski definition) is 2. The maximum Gasteiger partial charge on any atom is 0.404 e. The van der Waals surface area contributed by atoms with Crippen molar-refractivity contribution >= 4 is 18.0 Å². The van der Waals surface area contributed by atoms with Crippen molar-refractivity contribution in [3.05, 3.63) is 71.8 Å².